The molecule has 0 radical (unpaired) electrons. The number of rotatable bonds is 5. The highest BCUT2D eigenvalue weighted by Gasteiger charge is 2.07. The molecule has 0 aliphatic rings. The second kappa shape index (κ2) is 7.75. The van der Waals surface area contributed by atoms with Crippen LogP contribution in [0.2, 0.25) is 0 Å². The lowest BCUT2D eigenvalue weighted by molar-refractivity contribution is 0.0954. The van der Waals surface area contributed by atoms with E-state index in [2.05, 4.69) is 26.5 Å². The summed E-state index contributed by atoms with van der Waals surface area (Å²) in [6, 6.07) is 14.7. The molecule has 0 aliphatic carbocycles. The Labute approximate surface area is 138 Å². The maximum Gasteiger partial charge on any atom is 0.272 e. The van der Waals surface area contributed by atoms with Crippen molar-refractivity contribution >= 4 is 28.1 Å². The van der Waals surface area contributed by atoms with Gasteiger partial charge in [0.1, 0.15) is 5.75 Å². The number of carbonyl (C=O) groups excluding carboxylic acids is 1. The smallest absolute Gasteiger partial charge is 0.272 e. The molecule has 1 amide bonds. The largest absolute Gasteiger partial charge is 0.491 e. The molecule has 0 saturated heterocycles. The van der Waals surface area contributed by atoms with E-state index in [4.69, 9.17) is 4.74 Å². The molecule has 0 spiro atoms. The van der Waals surface area contributed by atoms with Gasteiger partial charge >= 0.3 is 0 Å². The van der Waals surface area contributed by atoms with Crippen molar-refractivity contribution in [3.63, 3.8) is 0 Å². The highest BCUT2D eigenvalue weighted by molar-refractivity contribution is 9.10. The van der Waals surface area contributed by atoms with Crippen LogP contribution in [-0.4, -0.2) is 18.2 Å². The molecule has 0 saturated carbocycles. The van der Waals surface area contributed by atoms with E-state index in [1.54, 1.807) is 18.3 Å². The second-order valence-electron chi connectivity index (χ2n) is 4.91. The summed E-state index contributed by atoms with van der Waals surface area (Å²) < 4.78 is 6.30. The maximum absolute atomic E-state index is 12.0. The van der Waals surface area contributed by atoms with Crippen molar-refractivity contribution in [1.29, 1.82) is 0 Å². The quantitative estimate of drug-likeness (QED) is 0.647. The fourth-order valence-electron chi connectivity index (χ4n) is 1.78. The molecule has 0 heterocycles. The zero-order chi connectivity index (χ0) is 15.9. The Bertz CT molecular complexity index is 667. The molecule has 0 aromatic heterocycles. The van der Waals surface area contributed by atoms with E-state index in [0.29, 0.717) is 5.56 Å². The van der Waals surface area contributed by atoms with Crippen molar-refractivity contribution in [3.8, 4) is 5.75 Å². The van der Waals surface area contributed by atoms with Gasteiger partial charge in [-0.2, -0.15) is 5.10 Å². The molecule has 22 heavy (non-hydrogen) atoms. The van der Waals surface area contributed by atoms with Crippen LogP contribution < -0.4 is 10.2 Å². The Morgan fingerprint density at radius 1 is 1.18 bits per heavy atom. The molecule has 0 atom stereocenters. The van der Waals surface area contributed by atoms with E-state index < -0.39 is 0 Å². The van der Waals surface area contributed by atoms with Gasteiger partial charge < -0.3 is 4.74 Å². The first kappa shape index (κ1) is 16.2. The Balaban J connectivity index is 1.95. The van der Waals surface area contributed by atoms with E-state index in [-0.39, 0.29) is 12.0 Å². The zero-order valence-electron chi connectivity index (χ0n) is 12.4. The van der Waals surface area contributed by atoms with Crippen LogP contribution in [0.5, 0.6) is 5.75 Å². The predicted molar refractivity (Wildman–Crippen MR) is 91.4 cm³/mol. The molecule has 2 rings (SSSR count). The van der Waals surface area contributed by atoms with Crippen molar-refractivity contribution in [1.82, 2.24) is 5.43 Å². The van der Waals surface area contributed by atoms with Gasteiger partial charge in [-0.15, -0.1) is 0 Å². The van der Waals surface area contributed by atoms with E-state index in [1.165, 1.54) is 0 Å². The fraction of sp³-hybridized carbons (Fsp3) is 0.176. The molecule has 0 fully saturated rings. The first-order chi connectivity index (χ1) is 10.6. The lowest BCUT2D eigenvalue weighted by Gasteiger charge is -2.09. The number of halogens is 1. The molecule has 2 aromatic carbocycles. The summed E-state index contributed by atoms with van der Waals surface area (Å²) in [4.78, 5) is 12.0. The lowest BCUT2D eigenvalue weighted by atomic mass is 10.2. The molecule has 0 bridgehead atoms. The standard InChI is InChI=1S/C17H17BrN2O2/c1-12(2)22-14-9-7-13(8-10-14)11-19-20-17(21)15-5-3-4-6-16(15)18/h3-12H,1-2H3,(H,20,21)/b19-11+. The molecule has 1 N–H and O–H groups in total. The average molecular weight is 361 g/mol. The van der Waals surface area contributed by atoms with Gasteiger partial charge in [-0.05, 0) is 71.7 Å². The number of hydrogen-bond acceptors (Lipinski definition) is 3. The van der Waals surface area contributed by atoms with Crippen molar-refractivity contribution in [2.75, 3.05) is 0 Å². The lowest BCUT2D eigenvalue weighted by Crippen LogP contribution is -2.18. The van der Waals surface area contributed by atoms with Crippen LogP contribution in [0.4, 0.5) is 0 Å². The van der Waals surface area contributed by atoms with Crippen molar-refractivity contribution in [3.05, 3.63) is 64.1 Å². The third kappa shape index (κ3) is 4.70. The Hall–Kier alpha value is -2.14. The molecule has 0 unspecified atom stereocenters. The highest BCUT2D eigenvalue weighted by atomic mass is 79.9. The Morgan fingerprint density at radius 3 is 2.50 bits per heavy atom. The normalized spacial score (nSPS) is 10.9. The van der Waals surface area contributed by atoms with Crippen LogP contribution in [0.3, 0.4) is 0 Å². The van der Waals surface area contributed by atoms with Crippen LogP contribution in [0.1, 0.15) is 29.8 Å². The summed E-state index contributed by atoms with van der Waals surface area (Å²) in [6.07, 6.45) is 1.73. The van der Waals surface area contributed by atoms with Crippen molar-refractivity contribution in [2.24, 2.45) is 5.10 Å². The molecule has 2 aromatic rings. The van der Waals surface area contributed by atoms with E-state index in [1.807, 2.05) is 50.2 Å². The fourth-order valence-corrected chi connectivity index (χ4v) is 2.24. The molecule has 4 nitrogen and oxygen atoms in total. The highest BCUT2D eigenvalue weighted by Crippen LogP contribution is 2.15. The molecule has 0 aliphatic heterocycles. The summed E-state index contributed by atoms with van der Waals surface area (Å²) in [5, 5.41) is 3.96. The zero-order valence-corrected chi connectivity index (χ0v) is 14.0. The van der Waals surface area contributed by atoms with Gasteiger partial charge in [0, 0.05) is 4.47 Å². The number of carbonyl (C=O) groups is 1. The van der Waals surface area contributed by atoms with E-state index >= 15 is 0 Å². The number of nitrogens with zero attached hydrogens (tertiary/aromatic N) is 1. The predicted octanol–water partition coefficient (Wildman–Crippen LogP) is 4.00. The topological polar surface area (TPSA) is 50.7 Å². The number of nitrogens with one attached hydrogen (secondary N) is 1. The monoisotopic (exact) mass is 360 g/mol. The number of amides is 1. The SMILES string of the molecule is CC(C)Oc1ccc(/C=N/NC(=O)c2ccccc2Br)cc1. The second-order valence-corrected chi connectivity index (χ2v) is 5.77. The van der Waals surface area contributed by atoms with Crippen LogP contribution in [0, 0.1) is 0 Å². The summed E-state index contributed by atoms with van der Waals surface area (Å²) in [7, 11) is 0. The van der Waals surface area contributed by atoms with Gasteiger partial charge in [0.15, 0.2) is 0 Å². The summed E-state index contributed by atoms with van der Waals surface area (Å²) in [5.41, 5.74) is 3.92. The van der Waals surface area contributed by atoms with Crippen LogP contribution in [-0.2, 0) is 0 Å². The minimum absolute atomic E-state index is 0.142. The van der Waals surface area contributed by atoms with Crippen LogP contribution in [0.25, 0.3) is 0 Å². The third-order valence-corrected chi connectivity index (χ3v) is 3.44. The van der Waals surface area contributed by atoms with Gasteiger partial charge in [-0.1, -0.05) is 12.1 Å². The number of hydrogen-bond donors (Lipinski definition) is 1. The van der Waals surface area contributed by atoms with Crippen LogP contribution >= 0.6 is 15.9 Å². The summed E-state index contributed by atoms with van der Waals surface area (Å²) in [6.45, 7) is 3.96. The first-order valence-corrected chi connectivity index (χ1v) is 7.70. The van der Waals surface area contributed by atoms with E-state index in [9.17, 15) is 4.79 Å². The number of ether oxygens (including phenoxy) is 1. The van der Waals surface area contributed by atoms with E-state index in [0.717, 1.165) is 15.8 Å². The van der Waals surface area contributed by atoms with Gasteiger partial charge in [-0.25, -0.2) is 5.43 Å². The summed E-state index contributed by atoms with van der Waals surface area (Å²) >= 11 is 3.33. The van der Waals surface area contributed by atoms with Gasteiger partial charge in [-0.3, -0.25) is 4.79 Å². The average Bonchev–Trinajstić information content (AvgIpc) is 2.49. The molecular weight excluding hydrogens is 344 g/mol. The first-order valence-electron chi connectivity index (χ1n) is 6.91. The van der Waals surface area contributed by atoms with Crippen LogP contribution in [0.15, 0.2) is 58.1 Å². The minimum atomic E-state index is -0.261. The van der Waals surface area contributed by atoms with Gasteiger partial charge in [0.2, 0.25) is 0 Å². The van der Waals surface area contributed by atoms with Gasteiger partial charge in [0.05, 0.1) is 17.9 Å². The third-order valence-electron chi connectivity index (χ3n) is 2.75. The number of benzene rings is 2. The molecule has 5 heteroatoms. The van der Waals surface area contributed by atoms with Crippen molar-refractivity contribution in [2.45, 2.75) is 20.0 Å². The molecular formula is C17H17BrN2O2. The van der Waals surface area contributed by atoms with Gasteiger partial charge in [0.25, 0.3) is 5.91 Å². The Kier molecular flexibility index (Phi) is 5.72. The Morgan fingerprint density at radius 2 is 1.86 bits per heavy atom. The molecule has 114 valence electrons. The minimum Gasteiger partial charge on any atom is -0.491 e. The van der Waals surface area contributed by atoms with Crippen molar-refractivity contribution < 1.29 is 9.53 Å². The number of hydrazone groups is 1. The summed E-state index contributed by atoms with van der Waals surface area (Å²) in [5.74, 6) is 0.549. The maximum atomic E-state index is 12.0.